The van der Waals surface area contributed by atoms with Gasteiger partial charge < -0.3 is 24.6 Å². The Morgan fingerprint density at radius 2 is 2.38 bits per heavy atom. The topological polar surface area (TPSA) is 110 Å². The molecule has 1 unspecified atom stereocenters. The highest BCUT2D eigenvalue weighted by Gasteiger charge is 2.29. The molecule has 1 aromatic rings. The van der Waals surface area contributed by atoms with Gasteiger partial charge in [0.05, 0.1) is 32.2 Å². The van der Waals surface area contributed by atoms with E-state index in [9.17, 15) is 9.59 Å². The Balaban J connectivity index is 1.93. The van der Waals surface area contributed by atoms with Crippen molar-refractivity contribution in [3.8, 4) is 0 Å². The molecular formula is C12H19N5O4. The van der Waals surface area contributed by atoms with Gasteiger partial charge in [-0.3, -0.25) is 4.79 Å². The van der Waals surface area contributed by atoms with Crippen molar-refractivity contribution in [1.29, 1.82) is 0 Å². The summed E-state index contributed by atoms with van der Waals surface area (Å²) >= 11 is 0. The fraction of sp³-hybridized carbons (Fsp3) is 0.667. The van der Waals surface area contributed by atoms with E-state index in [4.69, 9.17) is 9.84 Å². The summed E-state index contributed by atoms with van der Waals surface area (Å²) in [6, 6.07) is -0.754. The van der Waals surface area contributed by atoms with Crippen LogP contribution in [-0.4, -0.2) is 62.6 Å². The third kappa shape index (κ3) is 3.91. The number of morpholine rings is 1. The number of amides is 2. The standard InChI is InChI=1S/C12H19N5O4/c1-2-16-8-14-15-10(16)6-13-12(20)17-3-4-21-7-9(17)5-11(18)19/h8-9H,2-7H2,1H3,(H,13,20)(H,18,19). The normalized spacial score (nSPS) is 18.5. The monoisotopic (exact) mass is 297 g/mol. The van der Waals surface area contributed by atoms with Crippen LogP contribution in [0.2, 0.25) is 0 Å². The molecule has 0 aromatic carbocycles. The molecule has 1 aliphatic heterocycles. The Kier molecular flexibility index (Phi) is 5.09. The lowest BCUT2D eigenvalue weighted by Gasteiger charge is -2.34. The molecule has 2 N–H and O–H groups in total. The summed E-state index contributed by atoms with van der Waals surface area (Å²) in [6.07, 6.45) is 1.47. The van der Waals surface area contributed by atoms with E-state index in [1.807, 2.05) is 11.5 Å². The molecule has 0 saturated carbocycles. The number of carboxylic acid groups (broad SMARTS) is 1. The first-order valence-corrected chi connectivity index (χ1v) is 6.82. The minimum Gasteiger partial charge on any atom is -0.481 e. The lowest BCUT2D eigenvalue weighted by Crippen LogP contribution is -2.53. The van der Waals surface area contributed by atoms with E-state index in [0.717, 1.165) is 6.54 Å². The second-order valence-corrected chi connectivity index (χ2v) is 4.71. The van der Waals surface area contributed by atoms with Gasteiger partial charge in [0.2, 0.25) is 0 Å². The van der Waals surface area contributed by atoms with Crippen molar-refractivity contribution >= 4 is 12.0 Å². The number of nitrogens with one attached hydrogen (secondary N) is 1. The van der Waals surface area contributed by atoms with Crippen molar-refractivity contribution in [3.05, 3.63) is 12.2 Å². The van der Waals surface area contributed by atoms with Gasteiger partial charge in [0, 0.05) is 13.1 Å². The largest absolute Gasteiger partial charge is 0.481 e. The average molecular weight is 297 g/mol. The first-order valence-electron chi connectivity index (χ1n) is 6.82. The number of aryl methyl sites for hydroxylation is 1. The predicted octanol–water partition coefficient (Wildman–Crippen LogP) is -0.317. The van der Waals surface area contributed by atoms with Crippen LogP contribution < -0.4 is 5.32 Å². The van der Waals surface area contributed by atoms with Gasteiger partial charge in [0.1, 0.15) is 6.33 Å². The van der Waals surface area contributed by atoms with Crippen LogP contribution in [0.5, 0.6) is 0 Å². The van der Waals surface area contributed by atoms with Crippen LogP contribution in [0.4, 0.5) is 4.79 Å². The molecule has 9 heteroatoms. The molecular weight excluding hydrogens is 278 g/mol. The number of aliphatic carboxylic acids is 1. The lowest BCUT2D eigenvalue weighted by molar-refractivity contribution is -0.139. The highest BCUT2D eigenvalue weighted by atomic mass is 16.5. The Hall–Kier alpha value is -2.16. The van der Waals surface area contributed by atoms with Crippen LogP contribution in [0.1, 0.15) is 19.2 Å². The summed E-state index contributed by atoms with van der Waals surface area (Å²) in [4.78, 5) is 24.5. The minimum absolute atomic E-state index is 0.126. The predicted molar refractivity (Wildman–Crippen MR) is 71.5 cm³/mol. The molecule has 0 spiro atoms. The number of hydrogen-bond acceptors (Lipinski definition) is 5. The Morgan fingerprint density at radius 3 is 3.10 bits per heavy atom. The minimum atomic E-state index is -0.950. The zero-order valence-electron chi connectivity index (χ0n) is 11.9. The van der Waals surface area contributed by atoms with E-state index in [0.29, 0.717) is 19.0 Å². The summed E-state index contributed by atoms with van der Waals surface area (Å²) in [6.45, 7) is 3.96. The Morgan fingerprint density at radius 1 is 1.57 bits per heavy atom. The fourth-order valence-electron chi connectivity index (χ4n) is 2.23. The second-order valence-electron chi connectivity index (χ2n) is 4.71. The maximum atomic E-state index is 12.2. The zero-order valence-corrected chi connectivity index (χ0v) is 11.9. The van der Waals surface area contributed by atoms with Crippen LogP contribution >= 0.6 is 0 Å². The number of hydrogen-bond donors (Lipinski definition) is 2. The van der Waals surface area contributed by atoms with Crippen LogP contribution in [0.15, 0.2) is 6.33 Å². The van der Waals surface area contributed by atoms with Crippen molar-refractivity contribution in [3.63, 3.8) is 0 Å². The smallest absolute Gasteiger partial charge is 0.318 e. The van der Waals surface area contributed by atoms with E-state index in [-0.39, 0.29) is 25.6 Å². The Bertz CT molecular complexity index is 504. The highest BCUT2D eigenvalue weighted by molar-refractivity contribution is 5.76. The highest BCUT2D eigenvalue weighted by Crippen LogP contribution is 2.11. The first kappa shape index (κ1) is 15.2. The molecule has 0 radical (unpaired) electrons. The second kappa shape index (κ2) is 7.02. The molecule has 1 aliphatic rings. The molecule has 0 bridgehead atoms. The first-order chi connectivity index (χ1) is 10.1. The quantitative estimate of drug-likeness (QED) is 0.771. The van der Waals surface area contributed by atoms with Gasteiger partial charge in [-0.05, 0) is 6.92 Å². The number of urea groups is 1. The number of carbonyl (C=O) groups is 2. The number of aromatic nitrogens is 3. The van der Waals surface area contributed by atoms with Gasteiger partial charge in [-0.15, -0.1) is 10.2 Å². The molecule has 1 fully saturated rings. The summed E-state index contributed by atoms with van der Waals surface area (Å²) in [7, 11) is 0. The van der Waals surface area contributed by atoms with E-state index in [1.54, 1.807) is 6.33 Å². The number of carboxylic acids is 1. The van der Waals surface area contributed by atoms with Crippen molar-refractivity contribution in [2.45, 2.75) is 32.5 Å². The van der Waals surface area contributed by atoms with Crippen molar-refractivity contribution in [2.24, 2.45) is 0 Å². The molecule has 116 valence electrons. The summed E-state index contributed by atoms with van der Waals surface area (Å²) in [5.41, 5.74) is 0. The lowest BCUT2D eigenvalue weighted by atomic mass is 10.1. The van der Waals surface area contributed by atoms with Gasteiger partial charge in [0.15, 0.2) is 5.82 Å². The molecule has 9 nitrogen and oxygen atoms in total. The number of nitrogens with zero attached hydrogens (tertiary/aromatic N) is 4. The third-order valence-corrected chi connectivity index (χ3v) is 3.33. The number of ether oxygens (including phenoxy) is 1. The van der Waals surface area contributed by atoms with E-state index >= 15 is 0 Å². The van der Waals surface area contributed by atoms with Crippen molar-refractivity contribution in [1.82, 2.24) is 25.0 Å². The van der Waals surface area contributed by atoms with Crippen LogP contribution in [0, 0.1) is 0 Å². The molecule has 2 rings (SSSR count). The van der Waals surface area contributed by atoms with Crippen LogP contribution in [0.3, 0.4) is 0 Å². The van der Waals surface area contributed by atoms with Gasteiger partial charge >= 0.3 is 12.0 Å². The fourth-order valence-corrected chi connectivity index (χ4v) is 2.23. The molecule has 1 saturated heterocycles. The number of carbonyl (C=O) groups excluding carboxylic acids is 1. The Labute approximate surface area is 121 Å². The van der Waals surface area contributed by atoms with Crippen LogP contribution in [0.25, 0.3) is 0 Å². The van der Waals surface area contributed by atoms with Crippen molar-refractivity contribution < 1.29 is 19.4 Å². The van der Waals surface area contributed by atoms with Crippen molar-refractivity contribution in [2.75, 3.05) is 19.8 Å². The summed E-state index contributed by atoms with van der Waals surface area (Å²) in [5.74, 6) is -0.289. The molecule has 1 atom stereocenters. The van der Waals surface area contributed by atoms with E-state index in [2.05, 4.69) is 15.5 Å². The summed E-state index contributed by atoms with van der Waals surface area (Å²) in [5, 5.41) is 19.3. The van der Waals surface area contributed by atoms with Gasteiger partial charge in [-0.1, -0.05) is 0 Å². The molecule has 0 aliphatic carbocycles. The van der Waals surface area contributed by atoms with E-state index < -0.39 is 12.0 Å². The third-order valence-electron chi connectivity index (χ3n) is 3.33. The van der Waals surface area contributed by atoms with Gasteiger partial charge in [0.25, 0.3) is 0 Å². The van der Waals surface area contributed by atoms with Gasteiger partial charge in [-0.25, -0.2) is 4.79 Å². The van der Waals surface area contributed by atoms with Crippen LogP contribution in [-0.2, 0) is 22.6 Å². The summed E-state index contributed by atoms with van der Waals surface area (Å²) < 4.78 is 7.07. The molecule has 2 amide bonds. The number of rotatable bonds is 5. The van der Waals surface area contributed by atoms with E-state index in [1.165, 1.54) is 4.90 Å². The molecule has 21 heavy (non-hydrogen) atoms. The van der Waals surface area contributed by atoms with Gasteiger partial charge in [-0.2, -0.15) is 0 Å². The molecule has 2 heterocycles. The maximum Gasteiger partial charge on any atom is 0.318 e. The zero-order chi connectivity index (χ0) is 15.2. The average Bonchev–Trinajstić information content (AvgIpc) is 2.92. The SMILES string of the molecule is CCn1cnnc1CNC(=O)N1CCOCC1CC(=O)O. The molecule has 1 aromatic heterocycles. The maximum absolute atomic E-state index is 12.2.